The minimum absolute atomic E-state index is 0.294. The van der Waals surface area contributed by atoms with Crippen molar-refractivity contribution >= 4 is 23.7 Å². The van der Waals surface area contributed by atoms with Crippen molar-refractivity contribution < 1.29 is 14.3 Å². The summed E-state index contributed by atoms with van der Waals surface area (Å²) in [5.74, 6) is 1.68. The van der Waals surface area contributed by atoms with E-state index in [2.05, 4.69) is 22.4 Å². The largest absolute Gasteiger partial charge is 0.497 e. The highest BCUT2D eigenvalue weighted by atomic mass is 32.2. The first-order valence-corrected chi connectivity index (χ1v) is 11.0. The van der Waals surface area contributed by atoms with E-state index in [0.717, 1.165) is 11.3 Å². The maximum Gasteiger partial charge on any atom is 0.338 e. The lowest BCUT2D eigenvalue weighted by atomic mass is 9.95. The number of nitrogens with one attached hydrogen (secondary N) is 1. The van der Waals surface area contributed by atoms with Gasteiger partial charge in [0, 0.05) is 11.4 Å². The molecule has 0 bridgehead atoms. The standard InChI is InChI=1S/C23H24N4O3S/c1-4-30-21(28)19-15(2)24-22-25-23(31-14-16-9-6-5-7-10-16)26-27(22)20(19)17-11-8-12-18(13-17)29-3/h5-13,20H,4,14H2,1-3H3,(H,24,25,26). The highest BCUT2D eigenvalue weighted by Gasteiger charge is 2.35. The van der Waals surface area contributed by atoms with Gasteiger partial charge in [-0.05, 0) is 37.1 Å². The van der Waals surface area contributed by atoms with Crippen LogP contribution in [0.5, 0.6) is 5.75 Å². The van der Waals surface area contributed by atoms with Gasteiger partial charge in [0.25, 0.3) is 0 Å². The summed E-state index contributed by atoms with van der Waals surface area (Å²) in [6.45, 7) is 3.95. The highest BCUT2D eigenvalue weighted by Crippen LogP contribution is 2.37. The second-order valence-corrected chi connectivity index (χ2v) is 7.94. The van der Waals surface area contributed by atoms with Crippen molar-refractivity contribution in [3.8, 4) is 5.75 Å². The van der Waals surface area contributed by atoms with Crippen molar-refractivity contribution in [3.63, 3.8) is 0 Å². The molecule has 1 unspecified atom stereocenters. The summed E-state index contributed by atoms with van der Waals surface area (Å²) in [5, 5.41) is 8.59. The van der Waals surface area contributed by atoms with Gasteiger partial charge in [0.15, 0.2) is 0 Å². The summed E-state index contributed by atoms with van der Waals surface area (Å²) in [5.41, 5.74) is 3.27. The molecular formula is C23H24N4O3S. The molecule has 0 amide bonds. The Bertz CT molecular complexity index is 1110. The van der Waals surface area contributed by atoms with Gasteiger partial charge in [-0.1, -0.05) is 54.2 Å². The van der Waals surface area contributed by atoms with Gasteiger partial charge in [-0.15, -0.1) is 5.10 Å². The van der Waals surface area contributed by atoms with Crippen LogP contribution in [0.15, 0.2) is 71.0 Å². The number of methoxy groups -OCH3 is 1. The zero-order valence-electron chi connectivity index (χ0n) is 17.7. The first-order chi connectivity index (χ1) is 15.1. The van der Waals surface area contributed by atoms with E-state index >= 15 is 0 Å². The van der Waals surface area contributed by atoms with E-state index < -0.39 is 6.04 Å². The van der Waals surface area contributed by atoms with Crippen molar-refractivity contribution in [3.05, 3.63) is 77.0 Å². The number of allylic oxidation sites excluding steroid dienone is 1. The molecule has 2 heterocycles. The lowest BCUT2D eigenvalue weighted by Gasteiger charge is -2.28. The molecule has 160 valence electrons. The topological polar surface area (TPSA) is 78.3 Å². The summed E-state index contributed by atoms with van der Waals surface area (Å²) in [6.07, 6.45) is 0. The molecule has 0 saturated carbocycles. The summed E-state index contributed by atoms with van der Waals surface area (Å²) < 4.78 is 12.5. The Morgan fingerprint density at radius 2 is 2.00 bits per heavy atom. The van der Waals surface area contributed by atoms with Crippen LogP contribution in [0.2, 0.25) is 0 Å². The minimum atomic E-state index is -0.469. The summed E-state index contributed by atoms with van der Waals surface area (Å²) >= 11 is 1.55. The fraction of sp³-hybridized carbons (Fsp3) is 0.261. The van der Waals surface area contributed by atoms with E-state index in [1.807, 2.05) is 49.4 Å². The van der Waals surface area contributed by atoms with E-state index in [1.54, 1.807) is 30.5 Å². The number of hydrogen-bond acceptors (Lipinski definition) is 7. The average molecular weight is 437 g/mol. The van der Waals surface area contributed by atoms with Gasteiger partial charge in [0.05, 0.1) is 19.3 Å². The second-order valence-electron chi connectivity index (χ2n) is 7.00. The molecule has 1 aliphatic heterocycles. The van der Waals surface area contributed by atoms with Crippen LogP contribution in [0, 0.1) is 0 Å². The Morgan fingerprint density at radius 3 is 2.74 bits per heavy atom. The van der Waals surface area contributed by atoms with Gasteiger partial charge in [0.1, 0.15) is 11.8 Å². The zero-order chi connectivity index (χ0) is 21.8. The van der Waals surface area contributed by atoms with Crippen LogP contribution in [0.25, 0.3) is 0 Å². The maximum absolute atomic E-state index is 12.9. The van der Waals surface area contributed by atoms with Crippen LogP contribution in [-0.2, 0) is 15.3 Å². The molecule has 7 nitrogen and oxygen atoms in total. The van der Waals surface area contributed by atoms with Crippen LogP contribution < -0.4 is 10.1 Å². The van der Waals surface area contributed by atoms with Crippen LogP contribution in [0.4, 0.5) is 5.95 Å². The van der Waals surface area contributed by atoms with E-state index in [9.17, 15) is 4.79 Å². The molecule has 1 atom stereocenters. The molecule has 2 aromatic carbocycles. The number of esters is 1. The molecule has 0 saturated heterocycles. The summed E-state index contributed by atoms with van der Waals surface area (Å²) in [4.78, 5) is 17.5. The van der Waals surface area contributed by atoms with Gasteiger partial charge in [-0.3, -0.25) is 0 Å². The molecule has 1 N–H and O–H groups in total. The lowest BCUT2D eigenvalue weighted by molar-refractivity contribution is -0.139. The molecule has 4 rings (SSSR count). The zero-order valence-corrected chi connectivity index (χ0v) is 18.5. The van der Waals surface area contributed by atoms with Crippen LogP contribution >= 0.6 is 11.8 Å². The predicted octanol–water partition coefficient (Wildman–Crippen LogP) is 4.43. The fourth-order valence-corrected chi connectivity index (χ4v) is 4.29. The van der Waals surface area contributed by atoms with Gasteiger partial charge < -0.3 is 14.8 Å². The Kier molecular flexibility index (Phi) is 6.27. The van der Waals surface area contributed by atoms with Gasteiger partial charge >= 0.3 is 5.97 Å². The van der Waals surface area contributed by atoms with Crippen molar-refractivity contribution in [1.29, 1.82) is 0 Å². The molecule has 0 spiro atoms. The predicted molar refractivity (Wildman–Crippen MR) is 120 cm³/mol. The number of anilines is 1. The van der Waals surface area contributed by atoms with Crippen LogP contribution in [0.3, 0.4) is 0 Å². The van der Waals surface area contributed by atoms with Crippen molar-refractivity contribution in [2.45, 2.75) is 30.8 Å². The van der Waals surface area contributed by atoms with E-state index in [4.69, 9.17) is 14.6 Å². The number of nitrogens with zero attached hydrogens (tertiary/aromatic N) is 3. The SMILES string of the molecule is CCOC(=O)C1=C(C)Nc2nc(SCc3ccccc3)nn2C1c1cccc(OC)c1. The molecule has 0 radical (unpaired) electrons. The van der Waals surface area contributed by atoms with Gasteiger partial charge in [-0.2, -0.15) is 4.98 Å². The molecule has 0 fully saturated rings. The van der Waals surface area contributed by atoms with Crippen molar-refractivity contribution in [2.24, 2.45) is 0 Å². The number of hydrogen-bond donors (Lipinski definition) is 1. The lowest BCUT2D eigenvalue weighted by Crippen LogP contribution is -2.29. The van der Waals surface area contributed by atoms with Crippen molar-refractivity contribution in [1.82, 2.24) is 14.8 Å². The Morgan fingerprint density at radius 1 is 1.19 bits per heavy atom. The van der Waals surface area contributed by atoms with Gasteiger partial charge in [-0.25, -0.2) is 9.48 Å². The summed E-state index contributed by atoms with van der Waals surface area (Å²) in [7, 11) is 1.62. The van der Waals surface area contributed by atoms with Gasteiger partial charge in [0.2, 0.25) is 11.1 Å². The number of ether oxygens (including phenoxy) is 2. The Balaban J connectivity index is 1.72. The second kappa shape index (κ2) is 9.26. The first-order valence-electron chi connectivity index (χ1n) is 10.0. The maximum atomic E-state index is 12.9. The number of aromatic nitrogens is 3. The quantitative estimate of drug-likeness (QED) is 0.434. The molecular weight excluding hydrogens is 412 g/mol. The molecule has 1 aromatic heterocycles. The van der Waals surface area contributed by atoms with E-state index in [0.29, 0.717) is 34.7 Å². The number of thioether (sulfide) groups is 1. The molecule has 0 aliphatic carbocycles. The fourth-order valence-electron chi connectivity index (χ4n) is 3.51. The molecule has 8 heteroatoms. The normalized spacial score (nSPS) is 15.3. The van der Waals surface area contributed by atoms with Crippen molar-refractivity contribution in [2.75, 3.05) is 19.0 Å². The number of rotatable bonds is 7. The number of carbonyl (C=O) groups is 1. The first kappa shape index (κ1) is 21.0. The Labute approximate surface area is 185 Å². The van der Waals surface area contributed by atoms with Crippen LogP contribution in [0.1, 0.15) is 31.0 Å². The number of benzene rings is 2. The van der Waals surface area contributed by atoms with Crippen LogP contribution in [-0.4, -0.2) is 34.5 Å². The monoisotopic (exact) mass is 436 g/mol. The highest BCUT2D eigenvalue weighted by molar-refractivity contribution is 7.98. The average Bonchev–Trinajstić information content (AvgIpc) is 3.20. The third-order valence-electron chi connectivity index (χ3n) is 4.95. The third kappa shape index (κ3) is 4.44. The van der Waals surface area contributed by atoms with E-state index in [-0.39, 0.29) is 5.97 Å². The minimum Gasteiger partial charge on any atom is -0.497 e. The number of fused-ring (bicyclic) bond motifs is 1. The third-order valence-corrected chi connectivity index (χ3v) is 5.86. The smallest absolute Gasteiger partial charge is 0.338 e. The number of carbonyl (C=O) groups excluding carboxylic acids is 1. The molecule has 31 heavy (non-hydrogen) atoms. The molecule has 1 aliphatic rings. The van der Waals surface area contributed by atoms with E-state index in [1.165, 1.54) is 5.56 Å². The molecule has 3 aromatic rings. The Hall–Kier alpha value is -3.26. The summed E-state index contributed by atoms with van der Waals surface area (Å²) in [6, 6.07) is 17.3.